The van der Waals surface area contributed by atoms with Crippen molar-refractivity contribution in [3.05, 3.63) is 65.2 Å². The highest BCUT2D eigenvalue weighted by molar-refractivity contribution is 7.13. The van der Waals surface area contributed by atoms with Crippen molar-refractivity contribution in [2.45, 2.75) is 43.1 Å². The topological polar surface area (TPSA) is 46.3 Å². The molecule has 1 N–H and O–H groups in total. The smallest absolute Gasteiger partial charge is 0.115 e. The molecule has 0 saturated heterocycles. The molecule has 25 heavy (non-hydrogen) atoms. The number of hydrogen-bond acceptors (Lipinski definition) is 4. The Labute approximate surface area is 156 Å². The third-order valence-corrected chi connectivity index (χ3v) is 6.36. The highest BCUT2D eigenvalue weighted by Gasteiger charge is 2.33. The van der Waals surface area contributed by atoms with Crippen LogP contribution in [0.2, 0.25) is 0 Å². The summed E-state index contributed by atoms with van der Waals surface area (Å²) in [4.78, 5) is 5.24. The minimum atomic E-state index is -0.773. The molecule has 0 spiro atoms. The predicted molar refractivity (Wildman–Crippen MR) is 101 cm³/mol. The zero-order chi connectivity index (χ0) is 17.2. The first-order valence-electron chi connectivity index (χ1n) is 8.63. The van der Waals surface area contributed by atoms with Crippen LogP contribution in [0.25, 0.3) is 10.4 Å². The average Bonchev–Trinajstić information content (AvgIpc) is 3.31. The summed E-state index contributed by atoms with van der Waals surface area (Å²) in [6.45, 7) is 0. The van der Waals surface area contributed by atoms with Crippen LogP contribution in [-0.2, 0) is 0 Å². The summed E-state index contributed by atoms with van der Waals surface area (Å²) in [5.41, 5.74) is 2.56. The standard InChI is InChI=1S/C20H20ClNO2S/c21-16-7-2-1-6-14(16)20-18(19(23)13-5-3-9-22-11-13)15(12-24-20)17-8-4-10-25-17/h3-5,8-12,14,16,19,23H,1-2,6-7H2/t14-,16?,19?/m1/s1. The van der Waals surface area contributed by atoms with E-state index in [-0.39, 0.29) is 11.3 Å². The van der Waals surface area contributed by atoms with Crippen LogP contribution in [0.3, 0.4) is 0 Å². The molecule has 0 bridgehead atoms. The van der Waals surface area contributed by atoms with Crippen molar-refractivity contribution in [2.24, 2.45) is 0 Å². The van der Waals surface area contributed by atoms with Gasteiger partial charge in [0.2, 0.25) is 0 Å². The fourth-order valence-corrected chi connectivity index (χ4v) is 4.80. The van der Waals surface area contributed by atoms with Gasteiger partial charge in [-0.3, -0.25) is 4.98 Å². The lowest BCUT2D eigenvalue weighted by Gasteiger charge is -2.27. The lowest BCUT2D eigenvalue weighted by Crippen LogP contribution is -2.19. The first kappa shape index (κ1) is 16.8. The van der Waals surface area contributed by atoms with E-state index in [1.807, 2.05) is 23.6 Å². The van der Waals surface area contributed by atoms with Gasteiger partial charge in [-0.1, -0.05) is 25.0 Å². The lowest BCUT2D eigenvalue weighted by molar-refractivity contribution is 0.214. The molecule has 0 aromatic carbocycles. The number of aliphatic hydroxyl groups excluding tert-OH is 1. The molecule has 5 heteroatoms. The van der Waals surface area contributed by atoms with E-state index in [1.165, 1.54) is 0 Å². The van der Waals surface area contributed by atoms with Crippen LogP contribution in [0.15, 0.2) is 52.7 Å². The summed E-state index contributed by atoms with van der Waals surface area (Å²) in [6, 6.07) is 7.80. The Hall–Kier alpha value is -1.62. The summed E-state index contributed by atoms with van der Waals surface area (Å²) >= 11 is 8.27. The van der Waals surface area contributed by atoms with Gasteiger partial charge in [-0.25, -0.2) is 0 Å². The van der Waals surface area contributed by atoms with E-state index in [4.69, 9.17) is 16.0 Å². The van der Waals surface area contributed by atoms with E-state index in [2.05, 4.69) is 11.1 Å². The Balaban J connectivity index is 1.82. The van der Waals surface area contributed by atoms with E-state index in [0.717, 1.165) is 53.0 Å². The first-order chi connectivity index (χ1) is 12.3. The molecule has 0 radical (unpaired) electrons. The molecular weight excluding hydrogens is 354 g/mol. The molecule has 130 valence electrons. The highest BCUT2D eigenvalue weighted by atomic mass is 35.5. The van der Waals surface area contributed by atoms with Crippen molar-refractivity contribution in [2.75, 3.05) is 0 Å². The van der Waals surface area contributed by atoms with Crippen LogP contribution in [-0.4, -0.2) is 15.5 Å². The predicted octanol–water partition coefficient (Wildman–Crippen LogP) is 5.75. The molecule has 3 aromatic heterocycles. The maximum Gasteiger partial charge on any atom is 0.115 e. The third-order valence-electron chi connectivity index (χ3n) is 4.94. The van der Waals surface area contributed by atoms with E-state index >= 15 is 0 Å². The quantitative estimate of drug-likeness (QED) is 0.592. The Morgan fingerprint density at radius 2 is 2.12 bits per heavy atom. The van der Waals surface area contributed by atoms with Gasteiger partial charge >= 0.3 is 0 Å². The Morgan fingerprint density at radius 1 is 1.24 bits per heavy atom. The van der Waals surface area contributed by atoms with E-state index in [0.29, 0.717) is 0 Å². The van der Waals surface area contributed by atoms with E-state index in [9.17, 15) is 5.11 Å². The van der Waals surface area contributed by atoms with Crippen molar-refractivity contribution in [1.29, 1.82) is 0 Å². The van der Waals surface area contributed by atoms with Gasteiger partial charge in [0, 0.05) is 45.3 Å². The SMILES string of the molecule is OC(c1cccnc1)c1c(-c2cccs2)coc1[C@@H]1CCCCC1Cl. The molecule has 1 fully saturated rings. The van der Waals surface area contributed by atoms with Gasteiger partial charge < -0.3 is 9.52 Å². The second-order valence-corrected chi connectivity index (χ2v) is 8.01. The number of nitrogens with zero attached hydrogens (tertiary/aromatic N) is 1. The highest BCUT2D eigenvalue weighted by Crippen LogP contribution is 2.45. The van der Waals surface area contributed by atoms with Gasteiger partial charge in [-0.2, -0.15) is 0 Å². The van der Waals surface area contributed by atoms with Crippen LogP contribution in [0.4, 0.5) is 0 Å². The number of thiophene rings is 1. The van der Waals surface area contributed by atoms with Crippen LogP contribution >= 0.6 is 22.9 Å². The minimum Gasteiger partial charge on any atom is -0.468 e. The zero-order valence-corrected chi connectivity index (χ0v) is 15.3. The van der Waals surface area contributed by atoms with Crippen molar-refractivity contribution >= 4 is 22.9 Å². The largest absolute Gasteiger partial charge is 0.468 e. The first-order valence-corrected chi connectivity index (χ1v) is 9.94. The van der Waals surface area contributed by atoms with E-state index < -0.39 is 6.10 Å². The monoisotopic (exact) mass is 373 g/mol. The molecule has 3 atom stereocenters. The maximum atomic E-state index is 11.1. The number of aliphatic hydroxyl groups is 1. The maximum absolute atomic E-state index is 11.1. The Bertz CT molecular complexity index is 816. The molecule has 2 unspecified atom stereocenters. The van der Waals surface area contributed by atoms with E-state index in [1.54, 1.807) is 30.0 Å². The van der Waals surface area contributed by atoms with Crippen molar-refractivity contribution < 1.29 is 9.52 Å². The van der Waals surface area contributed by atoms with Crippen LogP contribution in [0, 0.1) is 0 Å². The molecule has 1 aliphatic rings. The second-order valence-electron chi connectivity index (χ2n) is 6.50. The van der Waals surface area contributed by atoms with Gasteiger partial charge in [-0.05, 0) is 30.4 Å². The number of pyridine rings is 1. The van der Waals surface area contributed by atoms with Gasteiger partial charge in [0.25, 0.3) is 0 Å². The number of hydrogen-bond donors (Lipinski definition) is 1. The van der Waals surface area contributed by atoms with Crippen LogP contribution in [0.5, 0.6) is 0 Å². The lowest BCUT2D eigenvalue weighted by atomic mass is 9.83. The number of furan rings is 1. The number of rotatable bonds is 4. The molecule has 3 aromatic rings. The van der Waals surface area contributed by atoms with Crippen LogP contribution < -0.4 is 0 Å². The van der Waals surface area contributed by atoms with Crippen molar-refractivity contribution in [3.63, 3.8) is 0 Å². The van der Waals surface area contributed by atoms with Crippen LogP contribution in [0.1, 0.15) is 54.6 Å². The summed E-state index contributed by atoms with van der Waals surface area (Å²) in [7, 11) is 0. The molecule has 0 amide bonds. The summed E-state index contributed by atoms with van der Waals surface area (Å²) < 4.78 is 6.01. The van der Waals surface area contributed by atoms with Gasteiger partial charge in [0.1, 0.15) is 11.9 Å². The molecular formula is C20H20ClNO2S. The molecule has 3 nitrogen and oxygen atoms in total. The van der Waals surface area contributed by atoms with Gasteiger partial charge in [0.05, 0.1) is 6.26 Å². The number of alkyl halides is 1. The summed E-state index contributed by atoms with van der Waals surface area (Å²) in [6.07, 6.45) is 8.71. The number of aromatic nitrogens is 1. The average molecular weight is 374 g/mol. The summed E-state index contributed by atoms with van der Waals surface area (Å²) in [5.74, 6) is 0.977. The molecule has 1 aliphatic carbocycles. The molecule has 3 heterocycles. The van der Waals surface area contributed by atoms with Gasteiger partial charge in [0.15, 0.2) is 0 Å². The molecule has 1 saturated carbocycles. The summed E-state index contributed by atoms with van der Waals surface area (Å²) in [5, 5.41) is 13.2. The third kappa shape index (κ3) is 3.26. The Kier molecular flexibility index (Phi) is 4.93. The fraction of sp³-hybridized carbons (Fsp3) is 0.350. The molecule has 0 aliphatic heterocycles. The fourth-order valence-electron chi connectivity index (χ4n) is 3.66. The Morgan fingerprint density at radius 3 is 2.84 bits per heavy atom. The number of halogens is 1. The minimum absolute atomic E-state index is 0.0518. The normalized spacial score (nSPS) is 22.0. The van der Waals surface area contributed by atoms with Crippen molar-refractivity contribution in [3.8, 4) is 10.4 Å². The van der Waals surface area contributed by atoms with Crippen molar-refractivity contribution in [1.82, 2.24) is 4.98 Å². The molecule has 4 rings (SSSR count). The zero-order valence-electron chi connectivity index (χ0n) is 13.8. The van der Waals surface area contributed by atoms with Gasteiger partial charge in [-0.15, -0.1) is 22.9 Å². The second kappa shape index (κ2) is 7.32.